The van der Waals surface area contributed by atoms with Crippen molar-refractivity contribution in [3.8, 4) is 0 Å². The van der Waals surface area contributed by atoms with E-state index in [0.717, 1.165) is 6.61 Å². The van der Waals surface area contributed by atoms with Crippen molar-refractivity contribution in [2.75, 3.05) is 19.4 Å². The standard InChI is InChI=1S/C16H23NOS/c1-17-15(9-8-12-5-4-10-18-12)14-11-19-16-7-3-2-6-13(14)16/h2-3,6-7,12,14-15,17H,4-5,8-11H2,1H3. The molecule has 19 heavy (non-hydrogen) atoms. The number of fused-ring (bicyclic) bond motifs is 1. The van der Waals surface area contributed by atoms with E-state index in [2.05, 4.69) is 36.6 Å². The van der Waals surface area contributed by atoms with Gasteiger partial charge in [-0.15, -0.1) is 11.8 Å². The molecule has 1 saturated heterocycles. The van der Waals surface area contributed by atoms with Crippen LogP contribution in [0.25, 0.3) is 0 Å². The molecule has 0 spiro atoms. The molecule has 3 rings (SSSR count). The summed E-state index contributed by atoms with van der Waals surface area (Å²) < 4.78 is 5.75. The molecule has 1 aromatic carbocycles. The third kappa shape index (κ3) is 2.99. The normalized spacial score (nSPS) is 27.4. The van der Waals surface area contributed by atoms with Gasteiger partial charge in [-0.25, -0.2) is 0 Å². The summed E-state index contributed by atoms with van der Waals surface area (Å²) in [4.78, 5) is 1.48. The Balaban J connectivity index is 1.62. The fraction of sp³-hybridized carbons (Fsp3) is 0.625. The van der Waals surface area contributed by atoms with E-state index in [4.69, 9.17) is 4.74 Å². The first kappa shape index (κ1) is 13.5. The van der Waals surface area contributed by atoms with Crippen LogP contribution in [0.2, 0.25) is 0 Å². The van der Waals surface area contributed by atoms with Crippen molar-refractivity contribution < 1.29 is 4.74 Å². The maximum atomic E-state index is 5.75. The Morgan fingerprint density at radius 2 is 2.32 bits per heavy atom. The predicted octanol–water partition coefficient (Wildman–Crippen LogP) is 3.42. The van der Waals surface area contributed by atoms with Crippen LogP contribution in [0.1, 0.15) is 37.2 Å². The lowest BCUT2D eigenvalue weighted by Gasteiger charge is -2.24. The highest BCUT2D eigenvalue weighted by molar-refractivity contribution is 7.99. The molecular formula is C16H23NOS. The summed E-state index contributed by atoms with van der Waals surface area (Å²) in [6, 6.07) is 9.46. The lowest BCUT2D eigenvalue weighted by molar-refractivity contribution is 0.0991. The number of rotatable bonds is 5. The third-order valence-corrected chi connectivity index (χ3v) is 5.63. The van der Waals surface area contributed by atoms with Crippen molar-refractivity contribution >= 4 is 11.8 Å². The number of ether oxygens (including phenoxy) is 1. The minimum atomic E-state index is 0.514. The molecule has 3 unspecified atom stereocenters. The van der Waals surface area contributed by atoms with Gasteiger partial charge < -0.3 is 10.1 Å². The SMILES string of the molecule is CNC(CCC1CCCO1)C1CSc2ccccc21. The highest BCUT2D eigenvalue weighted by Gasteiger charge is 2.30. The number of hydrogen-bond acceptors (Lipinski definition) is 3. The van der Waals surface area contributed by atoms with Gasteiger partial charge in [-0.3, -0.25) is 0 Å². The molecule has 1 aromatic rings. The summed E-state index contributed by atoms with van der Waals surface area (Å²) in [6.07, 6.45) is 5.44. The predicted molar refractivity (Wildman–Crippen MR) is 81.0 cm³/mol. The molecule has 0 amide bonds. The third-order valence-electron chi connectivity index (χ3n) is 4.42. The van der Waals surface area contributed by atoms with Crippen LogP contribution in [0.5, 0.6) is 0 Å². The van der Waals surface area contributed by atoms with E-state index in [0.29, 0.717) is 18.1 Å². The summed E-state index contributed by atoms with van der Waals surface area (Å²) in [7, 11) is 2.10. The Morgan fingerprint density at radius 3 is 3.11 bits per heavy atom. The van der Waals surface area contributed by atoms with Crippen LogP contribution in [-0.2, 0) is 4.74 Å². The van der Waals surface area contributed by atoms with Crippen LogP contribution in [0.15, 0.2) is 29.2 Å². The highest BCUT2D eigenvalue weighted by Crippen LogP contribution is 2.42. The van der Waals surface area contributed by atoms with Crippen molar-refractivity contribution in [3.05, 3.63) is 29.8 Å². The lowest BCUT2D eigenvalue weighted by Crippen LogP contribution is -2.33. The van der Waals surface area contributed by atoms with E-state index in [-0.39, 0.29) is 0 Å². The topological polar surface area (TPSA) is 21.3 Å². The van der Waals surface area contributed by atoms with Crippen molar-refractivity contribution in [1.29, 1.82) is 0 Å². The molecule has 2 aliphatic heterocycles. The fourth-order valence-electron chi connectivity index (χ4n) is 3.30. The highest BCUT2D eigenvalue weighted by atomic mass is 32.2. The van der Waals surface area contributed by atoms with Gasteiger partial charge in [0, 0.05) is 29.2 Å². The van der Waals surface area contributed by atoms with Gasteiger partial charge in [0.05, 0.1) is 6.10 Å². The molecule has 0 saturated carbocycles. The first-order valence-electron chi connectivity index (χ1n) is 7.39. The van der Waals surface area contributed by atoms with E-state index in [9.17, 15) is 0 Å². The molecule has 2 heterocycles. The van der Waals surface area contributed by atoms with Crippen LogP contribution in [0.3, 0.4) is 0 Å². The van der Waals surface area contributed by atoms with Crippen LogP contribution in [0.4, 0.5) is 0 Å². The number of likely N-dealkylation sites (N-methyl/N-ethyl adjacent to an activating group) is 1. The molecule has 0 aromatic heterocycles. The Bertz CT molecular complexity index is 417. The minimum absolute atomic E-state index is 0.514. The monoisotopic (exact) mass is 277 g/mol. The molecule has 1 N–H and O–H groups in total. The Labute approximate surface area is 120 Å². The summed E-state index contributed by atoms with van der Waals surface area (Å²) in [5.41, 5.74) is 1.54. The Morgan fingerprint density at radius 1 is 1.42 bits per heavy atom. The average molecular weight is 277 g/mol. The van der Waals surface area contributed by atoms with Crippen molar-refractivity contribution in [2.24, 2.45) is 0 Å². The Kier molecular flexibility index (Phi) is 4.46. The maximum Gasteiger partial charge on any atom is 0.0576 e. The zero-order valence-corrected chi connectivity index (χ0v) is 12.4. The zero-order chi connectivity index (χ0) is 13.1. The number of benzene rings is 1. The molecule has 3 atom stereocenters. The van der Waals surface area contributed by atoms with Crippen molar-refractivity contribution in [2.45, 2.75) is 48.6 Å². The molecule has 104 valence electrons. The molecule has 0 bridgehead atoms. The van der Waals surface area contributed by atoms with Gasteiger partial charge in [0.1, 0.15) is 0 Å². The second kappa shape index (κ2) is 6.29. The van der Waals surface area contributed by atoms with Gasteiger partial charge in [0.25, 0.3) is 0 Å². The van der Waals surface area contributed by atoms with Gasteiger partial charge in [-0.05, 0) is 44.4 Å². The first-order valence-corrected chi connectivity index (χ1v) is 8.37. The van der Waals surface area contributed by atoms with Gasteiger partial charge in [-0.2, -0.15) is 0 Å². The molecular weight excluding hydrogens is 254 g/mol. The largest absolute Gasteiger partial charge is 0.378 e. The minimum Gasteiger partial charge on any atom is -0.378 e. The molecule has 2 aliphatic rings. The van der Waals surface area contributed by atoms with Crippen LogP contribution in [-0.4, -0.2) is 31.6 Å². The molecule has 2 nitrogen and oxygen atoms in total. The summed E-state index contributed by atoms with van der Waals surface area (Å²) in [5.74, 6) is 1.88. The van der Waals surface area contributed by atoms with E-state index < -0.39 is 0 Å². The fourth-order valence-corrected chi connectivity index (χ4v) is 4.64. The zero-order valence-electron chi connectivity index (χ0n) is 11.6. The van der Waals surface area contributed by atoms with E-state index >= 15 is 0 Å². The number of thioether (sulfide) groups is 1. The Hall–Kier alpha value is -0.510. The number of hydrogen-bond donors (Lipinski definition) is 1. The van der Waals surface area contributed by atoms with Gasteiger partial charge in [0.2, 0.25) is 0 Å². The summed E-state index contributed by atoms with van der Waals surface area (Å²) in [5, 5.41) is 3.54. The second-order valence-corrected chi connectivity index (χ2v) is 6.62. The van der Waals surface area contributed by atoms with Crippen LogP contribution >= 0.6 is 11.8 Å². The molecule has 1 fully saturated rings. The van der Waals surface area contributed by atoms with Crippen LogP contribution in [0, 0.1) is 0 Å². The quantitative estimate of drug-likeness (QED) is 0.891. The number of nitrogens with one attached hydrogen (secondary N) is 1. The van der Waals surface area contributed by atoms with Crippen molar-refractivity contribution in [1.82, 2.24) is 5.32 Å². The van der Waals surface area contributed by atoms with E-state index in [1.807, 2.05) is 11.8 Å². The molecule has 0 aliphatic carbocycles. The lowest BCUT2D eigenvalue weighted by atomic mass is 9.89. The van der Waals surface area contributed by atoms with Gasteiger partial charge in [-0.1, -0.05) is 18.2 Å². The first-order chi connectivity index (χ1) is 9.38. The van der Waals surface area contributed by atoms with Crippen LogP contribution < -0.4 is 5.32 Å². The van der Waals surface area contributed by atoms with E-state index in [1.165, 1.54) is 36.3 Å². The smallest absolute Gasteiger partial charge is 0.0576 e. The maximum absolute atomic E-state index is 5.75. The van der Waals surface area contributed by atoms with E-state index in [1.54, 1.807) is 5.56 Å². The van der Waals surface area contributed by atoms with Crippen molar-refractivity contribution in [3.63, 3.8) is 0 Å². The van der Waals surface area contributed by atoms with Gasteiger partial charge in [0.15, 0.2) is 0 Å². The summed E-state index contributed by atoms with van der Waals surface area (Å²) >= 11 is 2.01. The molecule has 3 heteroatoms. The second-order valence-electron chi connectivity index (χ2n) is 5.56. The average Bonchev–Trinajstić information content (AvgIpc) is 3.09. The van der Waals surface area contributed by atoms with Gasteiger partial charge >= 0.3 is 0 Å². The summed E-state index contributed by atoms with van der Waals surface area (Å²) in [6.45, 7) is 0.969. The molecule has 0 radical (unpaired) electrons.